The van der Waals surface area contributed by atoms with Crippen LogP contribution in [0.2, 0.25) is 0 Å². The van der Waals surface area contributed by atoms with Gasteiger partial charge in [0.1, 0.15) is 0 Å². The van der Waals surface area contributed by atoms with Gasteiger partial charge in [-0.25, -0.2) is 4.18 Å². The van der Waals surface area contributed by atoms with Crippen LogP contribution in [0.25, 0.3) is 0 Å². The Morgan fingerprint density at radius 2 is 0.929 bits per heavy atom. The average molecular weight is 434 g/mol. The molecule has 28 heavy (non-hydrogen) atoms. The van der Waals surface area contributed by atoms with Crippen molar-refractivity contribution in [1.82, 2.24) is 0 Å². The molecule has 0 bridgehead atoms. The van der Waals surface area contributed by atoms with Crippen LogP contribution in [0.15, 0.2) is 0 Å². The Kier molecular flexibility index (Phi) is 26.6. The van der Waals surface area contributed by atoms with Crippen molar-refractivity contribution in [2.24, 2.45) is 0 Å². The van der Waals surface area contributed by atoms with E-state index in [1.54, 1.807) is 0 Å². The summed E-state index contributed by atoms with van der Waals surface area (Å²) >= 11 is 0. The molecule has 165 valence electrons. The van der Waals surface area contributed by atoms with E-state index in [1.807, 2.05) is 0 Å². The summed E-state index contributed by atoms with van der Waals surface area (Å²) in [6.07, 6.45) is 18.8. The number of hydrogen-bond donors (Lipinski definition) is 1. The maximum Gasteiger partial charge on any atom is 0.397 e. The number of rotatable bonds is 22. The molecule has 0 aromatic heterocycles. The summed E-state index contributed by atoms with van der Waals surface area (Å²) in [6.45, 7) is 3.82. The van der Waals surface area contributed by atoms with Crippen molar-refractivity contribution < 1.29 is 26.6 Å². The smallest absolute Gasteiger partial charge is 0.379 e. The van der Waals surface area contributed by atoms with Gasteiger partial charge in [0.25, 0.3) is 0 Å². The van der Waals surface area contributed by atoms with Crippen LogP contribution in [0.4, 0.5) is 0 Å². The van der Waals surface area contributed by atoms with Crippen molar-refractivity contribution in [3.8, 4) is 0 Å². The summed E-state index contributed by atoms with van der Waals surface area (Å²) in [7, 11) is -4.36. The second kappa shape index (κ2) is 24.1. The molecule has 0 aliphatic carbocycles. The Morgan fingerprint density at radius 1 is 0.571 bits per heavy atom. The van der Waals surface area contributed by atoms with Gasteiger partial charge in [-0.1, -0.05) is 90.4 Å². The third kappa shape index (κ3) is 29.0. The van der Waals surface area contributed by atoms with E-state index in [0.29, 0.717) is 13.2 Å². The Bertz CT molecular complexity index is 392. The van der Waals surface area contributed by atoms with E-state index in [4.69, 9.17) is 14.0 Å². The zero-order chi connectivity index (χ0) is 20.1. The minimum atomic E-state index is -4.36. The van der Waals surface area contributed by atoms with E-state index in [1.165, 1.54) is 83.5 Å². The summed E-state index contributed by atoms with van der Waals surface area (Å²) in [6, 6.07) is 0. The van der Waals surface area contributed by atoms with E-state index >= 15 is 0 Å². The summed E-state index contributed by atoms with van der Waals surface area (Å²) in [5.41, 5.74) is 0. The largest absolute Gasteiger partial charge is 0.397 e. The Labute approximate surface area is 195 Å². The number of hydrogen-bond acceptors (Lipinski definition) is 5. The van der Waals surface area contributed by atoms with Gasteiger partial charge in [-0.3, -0.25) is 4.55 Å². The molecule has 1 radical (unpaired) electrons. The SMILES string of the molecule is CCCCCCCCCCCCCCCCOCCOCCOS(=O)(=O)O.[Na]. The van der Waals surface area contributed by atoms with Crippen molar-refractivity contribution in [3.63, 3.8) is 0 Å². The first-order valence-corrected chi connectivity index (χ1v) is 12.2. The molecule has 1 N–H and O–H groups in total. The predicted octanol–water partition coefficient (Wildman–Crippen LogP) is 4.94. The van der Waals surface area contributed by atoms with Crippen LogP contribution in [0, 0.1) is 0 Å². The summed E-state index contributed by atoms with van der Waals surface area (Å²) < 4.78 is 43.6. The topological polar surface area (TPSA) is 82.1 Å². The standard InChI is InChI=1S/C20H42O6S.Na/c1-2-3-4-5-6-7-8-9-10-11-12-13-14-15-16-24-17-18-25-19-20-26-27(21,22)23;/h2-20H2,1H3,(H,21,22,23);. The molecule has 0 saturated heterocycles. The molecule has 0 aromatic carbocycles. The predicted molar refractivity (Wildman–Crippen MR) is 115 cm³/mol. The van der Waals surface area contributed by atoms with Gasteiger partial charge in [0, 0.05) is 36.2 Å². The van der Waals surface area contributed by atoms with Crippen LogP contribution in [-0.4, -0.2) is 75.6 Å². The molecule has 0 aliphatic rings. The van der Waals surface area contributed by atoms with E-state index < -0.39 is 10.4 Å². The first-order chi connectivity index (χ1) is 13.1. The summed E-state index contributed by atoms with van der Waals surface area (Å²) in [5, 5.41) is 0. The Hall–Kier alpha value is 0.790. The molecular formula is C20H42NaO6S. The molecule has 0 aliphatic heterocycles. The second-order valence-electron chi connectivity index (χ2n) is 7.07. The van der Waals surface area contributed by atoms with Crippen molar-refractivity contribution in [1.29, 1.82) is 0 Å². The minimum Gasteiger partial charge on any atom is -0.379 e. The van der Waals surface area contributed by atoms with E-state index in [-0.39, 0.29) is 42.8 Å². The zero-order valence-corrected chi connectivity index (χ0v) is 21.1. The van der Waals surface area contributed by atoms with Crippen molar-refractivity contribution in [2.45, 2.75) is 96.8 Å². The van der Waals surface area contributed by atoms with Crippen molar-refractivity contribution in [3.05, 3.63) is 0 Å². The monoisotopic (exact) mass is 433 g/mol. The van der Waals surface area contributed by atoms with E-state index in [9.17, 15) is 8.42 Å². The molecule has 0 spiro atoms. The van der Waals surface area contributed by atoms with Crippen LogP contribution >= 0.6 is 0 Å². The molecule has 0 saturated carbocycles. The molecule has 0 fully saturated rings. The molecular weight excluding hydrogens is 391 g/mol. The third-order valence-electron chi connectivity index (χ3n) is 4.47. The molecule has 0 heterocycles. The van der Waals surface area contributed by atoms with E-state index in [2.05, 4.69) is 11.1 Å². The Balaban J connectivity index is 0. The van der Waals surface area contributed by atoms with Gasteiger partial charge in [-0.05, 0) is 6.42 Å². The Morgan fingerprint density at radius 3 is 1.36 bits per heavy atom. The van der Waals surface area contributed by atoms with E-state index in [0.717, 1.165) is 13.0 Å². The minimum absolute atomic E-state index is 0. The molecule has 8 heteroatoms. The first-order valence-electron chi connectivity index (χ1n) is 10.8. The average Bonchev–Trinajstić information content (AvgIpc) is 2.62. The van der Waals surface area contributed by atoms with Gasteiger partial charge in [0.15, 0.2) is 0 Å². The van der Waals surface area contributed by atoms with Gasteiger partial charge in [0.05, 0.1) is 26.4 Å². The quantitative estimate of drug-likeness (QED) is 0.148. The van der Waals surface area contributed by atoms with Crippen LogP contribution in [0.3, 0.4) is 0 Å². The maximum atomic E-state index is 10.3. The second-order valence-corrected chi connectivity index (χ2v) is 8.16. The zero-order valence-electron chi connectivity index (χ0n) is 18.3. The fraction of sp³-hybridized carbons (Fsp3) is 1.00. The molecule has 0 rings (SSSR count). The molecule has 0 amide bonds. The summed E-state index contributed by atoms with van der Waals surface area (Å²) in [4.78, 5) is 0. The molecule has 0 unspecified atom stereocenters. The van der Waals surface area contributed by atoms with Crippen molar-refractivity contribution in [2.75, 3.05) is 33.0 Å². The van der Waals surface area contributed by atoms with Gasteiger partial charge in [-0.15, -0.1) is 0 Å². The van der Waals surface area contributed by atoms with Gasteiger partial charge in [-0.2, -0.15) is 8.42 Å². The molecule has 0 aromatic rings. The normalized spacial score (nSPS) is 11.5. The fourth-order valence-corrected chi connectivity index (χ4v) is 3.20. The maximum absolute atomic E-state index is 10.3. The van der Waals surface area contributed by atoms with Crippen molar-refractivity contribution >= 4 is 40.0 Å². The van der Waals surface area contributed by atoms with Crippen LogP contribution in [-0.2, 0) is 24.1 Å². The first kappa shape index (κ1) is 31.0. The van der Waals surface area contributed by atoms with Crippen LogP contribution in [0.1, 0.15) is 96.8 Å². The third-order valence-corrected chi connectivity index (χ3v) is 4.94. The van der Waals surface area contributed by atoms with Gasteiger partial charge >= 0.3 is 10.4 Å². The summed E-state index contributed by atoms with van der Waals surface area (Å²) in [5.74, 6) is 0. The molecule has 0 atom stereocenters. The van der Waals surface area contributed by atoms with Crippen LogP contribution in [0.5, 0.6) is 0 Å². The van der Waals surface area contributed by atoms with Crippen LogP contribution < -0.4 is 0 Å². The van der Waals surface area contributed by atoms with Gasteiger partial charge < -0.3 is 9.47 Å². The fourth-order valence-electron chi connectivity index (χ4n) is 2.92. The van der Waals surface area contributed by atoms with Gasteiger partial charge in [0.2, 0.25) is 0 Å². The number of unbranched alkanes of at least 4 members (excludes halogenated alkanes) is 13. The molecule has 6 nitrogen and oxygen atoms in total. The number of ether oxygens (including phenoxy) is 2.